The van der Waals surface area contributed by atoms with Gasteiger partial charge in [0.2, 0.25) is 5.95 Å². The highest BCUT2D eigenvalue weighted by atomic mass is 15.3. The summed E-state index contributed by atoms with van der Waals surface area (Å²) in [5.74, 6) is 2.35. The monoisotopic (exact) mass is 248 g/mol. The SMILES string of the molecule is CCCNCc1cnc(N2CC(C)C(C)C2)nc1. The molecule has 1 aromatic heterocycles. The highest BCUT2D eigenvalue weighted by molar-refractivity contribution is 5.32. The smallest absolute Gasteiger partial charge is 0.225 e. The molecule has 0 saturated carbocycles. The number of nitrogens with one attached hydrogen (secondary N) is 1. The van der Waals surface area contributed by atoms with Crippen molar-refractivity contribution in [3.63, 3.8) is 0 Å². The number of anilines is 1. The van der Waals surface area contributed by atoms with Crippen molar-refractivity contribution < 1.29 is 0 Å². The highest BCUT2D eigenvalue weighted by Crippen LogP contribution is 2.24. The lowest BCUT2D eigenvalue weighted by molar-refractivity contribution is 0.494. The second kappa shape index (κ2) is 6.14. The fourth-order valence-electron chi connectivity index (χ4n) is 2.31. The summed E-state index contributed by atoms with van der Waals surface area (Å²) in [5, 5.41) is 3.36. The minimum absolute atomic E-state index is 0.736. The van der Waals surface area contributed by atoms with Crippen molar-refractivity contribution >= 4 is 5.95 Å². The van der Waals surface area contributed by atoms with Crippen molar-refractivity contribution in [2.75, 3.05) is 24.5 Å². The summed E-state index contributed by atoms with van der Waals surface area (Å²) >= 11 is 0. The second-order valence-electron chi connectivity index (χ2n) is 5.43. The molecule has 1 N–H and O–H groups in total. The Morgan fingerprint density at radius 3 is 2.39 bits per heavy atom. The molecule has 2 heterocycles. The van der Waals surface area contributed by atoms with E-state index in [-0.39, 0.29) is 0 Å². The van der Waals surface area contributed by atoms with Crippen molar-refractivity contribution in [3.05, 3.63) is 18.0 Å². The van der Waals surface area contributed by atoms with E-state index < -0.39 is 0 Å². The maximum atomic E-state index is 4.48. The molecule has 1 fully saturated rings. The summed E-state index contributed by atoms with van der Waals surface area (Å²) in [7, 11) is 0. The predicted molar refractivity (Wildman–Crippen MR) is 74.6 cm³/mol. The van der Waals surface area contributed by atoms with Gasteiger partial charge in [-0.05, 0) is 24.8 Å². The molecule has 0 radical (unpaired) electrons. The minimum Gasteiger partial charge on any atom is -0.340 e. The van der Waals surface area contributed by atoms with E-state index in [2.05, 4.69) is 41.0 Å². The quantitative estimate of drug-likeness (QED) is 0.810. The lowest BCUT2D eigenvalue weighted by Crippen LogP contribution is -2.22. The predicted octanol–water partition coefficient (Wildman–Crippen LogP) is 2.07. The summed E-state index contributed by atoms with van der Waals surface area (Å²) in [5.41, 5.74) is 1.16. The molecule has 100 valence electrons. The molecular formula is C14H24N4. The van der Waals surface area contributed by atoms with E-state index >= 15 is 0 Å². The topological polar surface area (TPSA) is 41.1 Å². The van der Waals surface area contributed by atoms with E-state index in [1.54, 1.807) is 0 Å². The number of hydrogen-bond donors (Lipinski definition) is 1. The molecule has 2 unspecified atom stereocenters. The molecule has 1 aliphatic rings. The Hall–Kier alpha value is -1.16. The zero-order valence-corrected chi connectivity index (χ0v) is 11.7. The normalized spacial score (nSPS) is 23.6. The van der Waals surface area contributed by atoms with Crippen molar-refractivity contribution in [2.45, 2.75) is 33.7 Å². The van der Waals surface area contributed by atoms with Gasteiger partial charge in [-0.2, -0.15) is 0 Å². The summed E-state index contributed by atoms with van der Waals surface area (Å²) in [4.78, 5) is 11.3. The molecule has 2 atom stereocenters. The second-order valence-corrected chi connectivity index (χ2v) is 5.43. The number of hydrogen-bond acceptors (Lipinski definition) is 4. The minimum atomic E-state index is 0.736. The Bertz CT molecular complexity index is 353. The first-order valence-electron chi connectivity index (χ1n) is 6.97. The first-order valence-corrected chi connectivity index (χ1v) is 6.97. The lowest BCUT2D eigenvalue weighted by atomic mass is 10.0. The van der Waals surface area contributed by atoms with E-state index in [9.17, 15) is 0 Å². The van der Waals surface area contributed by atoms with Gasteiger partial charge in [0.15, 0.2) is 0 Å². The van der Waals surface area contributed by atoms with E-state index in [0.717, 1.165) is 55.9 Å². The van der Waals surface area contributed by atoms with Crippen molar-refractivity contribution in [3.8, 4) is 0 Å². The third-order valence-electron chi connectivity index (χ3n) is 3.72. The summed E-state index contributed by atoms with van der Waals surface area (Å²) < 4.78 is 0. The van der Waals surface area contributed by atoms with Crippen LogP contribution in [0.1, 0.15) is 32.8 Å². The van der Waals surface area contributed by atoms with Gasteiger partial charge in [-0.3, -0.25) is 0 Å². The van der Waals surface area contributed by atoms with Crippen LogP contribution in [0.2, 0.25) is 0 Å². The average molecular weight is 248 g/mol. The Kier molecular flexibility index (Phi) is 4.53. The van der Waals surface area contributed by atoms with Crippen LogP contribution in [0.25, 0.3) is 0 Å². The van der Waals surface area contributed by atoms with Gasteiger partial charge in [-0.25, -0.2) is 9.97 Å². The van der Waals surface area contributed by atoms with Crippen LogP contribution in [0, 0.1) is 11.8 Å². The molecule has 1 aromatic rings. The van der Waals surface area contributed by atoms with E-state index in [4.69, 9.17) is 0 Å². The van der Waals surface area contributed by atoms with Gasteiger partial charge in [0, 0.05) is 37.6 Å². The van der Waals surface area contributed by atoms with Crippen LogP contribution in [0.5, 0.6) is 0 Å². The molecule has 2 rings (SSSR count). The van der Waals surface area contributed by atoms with Gasteiger partial charge in [0.1, 0.15) is 0 Å². The zero-order valence-electron chi connectivity index (χ0n) is 11.7. The molecule has 1 saturated heterocycles. The first kappa shape index (κ1) is 13.3. The summed E-state index contributed by atoms with van der Waals surface area (Å²) in [6.07, 6.45) is 5.04. The fourth-order valence-corrected chi connectivity index (χ4v) is 2.31. The molecule has 1 aliphatic heterocycles. The first-order chi connectivity index (χ1) is 8.70. The molecular weight excluding hydrogens is 224 g/mol. The average Bonchev–Trinajstić information content (AvgIpc) is 2.71. The molecule has 18 heavy (non-hydrogen) atoms. The van der Waals surface area contributed by atoms with Crippen LogP contribution in [-0.2, 0) is 6.54 Å². The molecule has 0 aromatic carbocycles. The van der Waals surface area contributed by atoms with E-state index in [1.807, 2.05) is 12.4 Å². The van der Waals surface area contributed by atoms with E-state index in [0.29, 0.717) is 0 Å². The molecule has 0 spiro atoms. The fraction of sp³-hybridized carbons (Fsp3) is 0.714. The van der Waals surface area contributed by atoms with Crippen LogP contribution >= 0.6 is 0 Å². The third-order valence-corrected chi connectivity index (χ3v) is 3.72. The third kappa shape index (κ3) is 3.19. The molecule has 0 bridgehead atoms. The van der Waals surface area contributed by atoms with Crippen LogP contribution in [0.15, 0.2) is 12.4 Å². The Labute approximate surface area is 110 Å². The van der Waals surface area contributed by atoms with Gasteiger partial charge in [-0.15, -0.1) is 0 Å². The number of rotatable bonds is 5. The Morgan fingerprint density at radius 2 is 1.83 bits per heavy atom. The molecule has 0 amide bonds. The summed E-state index contributed by atoms with van der Waals surface area (Å²) in [6, 6.07) is 0. The van der Waals surface area contributed by atoms with Crippen molar-refractivity contribution in [2.24, 2.45) is 11.8 Å². The van der Waals surface area contributed by atoms with Gasteiger partial charge >= 0.3 is 0 Å². The Morgan fingerprint density at radius 1 is 1.22 bits per heavy atom. The Balaban J connectivity index is 1.91. The van der Waals surface area contributed by atoms with Crippen LogP contribution < -0.4 is 10.2 Å². The molecule has 0 aliphatic carbocycles. The highest BCUT2D eigenvalue weighted by Gasteiger charge is 2.27. The van der Waals surface area contributed by atoms with Crippen LogP contribution in [0.3, 0.4) is 0 Å². The largest absolute Gasteiger partial charge is 0.340 e. The number of aromatic nitrogens is 2. The van der Waals surface area contributed by atoms with Crippen LogP contribution in [-0.4, -0.2) is 29.6 Å². The molecule has 4 nitrogen and oxygen atoms in total. The van der Waals surface area contributed by atoms with Crippen LogP contribution in [0.4, 0.5) is 5.95 Å². The number of nitrogens with zero attached hydrogens (tertiary/aromatic N) is 3. The van der Waals surface area contributed by atoms with Crippen molar-refractivity contribution in [1.29, 1.82) is 0 Å². The lowest BCUT2D eigenvalue weighted by Gasteiger charge is -2.15. The maximum absolute atomic E-state index is 4.48. The van der Waals surface area contributed by atoms with Crippen molar-refractivity contribution in [1.82, 2.24) is 15.3 Å². The maximum Gasteiger partial charge on any atom is 0.225 e. The summed E-state index contributed by atoms with van der Waals surface area (Å²) in [6.45, 7) is 10.8. The van der Waals surface area contributed by atoms with Gasteiger partial charge in [-0.1, -0.05) is 20.8 Å². The van der Waals surface area contributed by atoms with E-state index in [1.165, 1.54) is 0 Å². The zero-order chi connectivity index (χ0) is 13.0. The van der Waals surface area contributed by atoms with Gasteiger partial charge < -0.3 is 10.2 Å². The van der Waals surface area contributed by atoms with Gasteiger partial charge in [0.25, 0.3) is 0 Å². The molecule has 4 heteroatoms. The van der Waals surface area contributed by atoms with Gasteiger partial charge in [0.05, 0.1) is 0 Å². The standard InChI is InChI=1S/C14H24N4/c1-4-5-15-6-13-7-16-14(17-8-13)18-9-11(2)12(3)10-18/h7-8,11-12,15H,4-6,9-10H2,1-3H3.